The van der Waals surface area contributed by atoms with Gasteiger partial charge in [-0.25, -0.2) is 4.79 Å². The number of urea groups is 1. The van der Waals surface area contributed by atoms with Gasteiger partial charge < -0.3 is 10.6 Å². The zero-order chi connectivity index (χ0) is 19.1. The van der Waals surface area contributed by atoms with Crippen LogP contribution in [0.4, 0.5) is 15.6 Å². The number of carbonyl (C=O) groups excluding carboxylic acids is 2. The molecular weight excluding hydrogens is 370 g/mol. The smallest absolute Gasteiger partial charge is 0.321 e. The van der Waals surface area contributed by atoms with E-state index in [1.807, 2.05) is 32.9 Å². The number of carbonyl (C=O) groups is 2. The van der Waals surface area contributed by atoms with Gasteiger partial charge in [0.15, 0.2) is 4.34 Å². The number of nitrogens with zero attached hydrogens (tertiary/aromatic N) is 2. The summed E-state index contributed by atoms with van der Waals surface area (Å²) in [5.41, 5.74) is 3.34. The predicted octanol–water partition coefficient (Wildman–Crippen LogP) is 3.61. The van der Waals surface area contributed by atoms with Crippen molar-refractivity contribution in [1.82, 2.24) is 20.8 Å². The second-order valence-corrected chi connectivity index (χ2v) is 8.07. The number of anilines is 2. The predicted molar refractivity (Wildman–Crippen MR) is 106 cm³/mol. The van der Waals surface area contributed by atoms with Gasteiger partial charge in [-0.3, -0.25) is 10.1 Å². The number of nitrogens with one attached hydrogen (secondary N) is 3. The van der Waals surface area contributed by atoms with Gasteiger partial charge in [-0.05, 0) is 44.4 Å². The molecule has 0 aliphatic heterocycles. The lowest BCUT2D eigenvalue weighted by atomic mass is 10.1. The molecule has 0 saturated heterocycles. The number of amides is 3. The molecule has 26 heavy (non-hydrogen) atoms. The van der Waals surface area contributed by atoms with Gasteiger partial charge in [0.2, 0.25) is 11.0 Å². The van der Waals surface area contributed by atoms with Crippen molar-refractivity contribution in [3.8, 4) is 0 Å². The summed E-state index contributed by atoms with van der Waals surface area (Å²) in [7, 11) is 0. The van der Waals surface area contributed by atoms with E-state index in [0.29, 0.717) is 9.47 Å². The van der Waals surface area contributed by atoms with E-state index in [0.717, 1.165) is 17.7 Å². The maximum Gasteiger partial charge on any atom is 0.321 e. The van der Waals surface area contributed by atoms with Crippen LogP contribution in [0, 0.1) is 13.8 Å². The van der Waals surface area contributed by atoms with Crippen molar-refractivity contribution in [2.45, 2.75) is 44.5 Å². The molecule has 9 heteroatoms. The number of hydrogen-bond donors (Lipinski definition) is 3. The van der Waals surface area contributed by atoms with Crippen molar-refractivity contribution in [2.75, 3.05) is 11.1 Å². The molecule has 0 radical (unpaired) electrons. The summed E-state index contributed by atoms with van der Waals surface area (Å²) in [6, 6.07) is 5.57. The lowest BCUT2D eigenvalue weighted by Gasteiger charge is -2.11. The van der Waals surface area contributed by atoms with Crippen molar-refractivity contribution in [1.29, 1.82) is 0 Å². The van der Waals surface area contributed by atoms with E-state index in [1.165, 1.54) is 28.7 Å². The molecule has 3 N–H and O–H groups in total. The van der Waals surface area contributed by atoms with Gasteiger partial charge in [0.05, 0.1) is 5.75 Å². The SMILES string of the molecule is CC[C@@H](C)NC(=O)NC(=O)CSc1nnc(Nc2cccc(C)c2C)s1. The third-order valence-corrected chi connectivity index (χ3v) is 5.79. The van der Waals surface area contributed by atoms with Crippen LogP contribution in [0.25, 0.3) is 0 Å². The molecule has 140 valence electrons. The minimum Gasteiger partial charge on any atom is -0.335 e. The summed E-state index contributed by atoms with van der Waals surface area (Å²) in [6.45, 7) is 7.94. The molecule has 0 bridgehead atoms. The summed E-state index contributed by atoms with van der Waals surface area (Å²) < 4.78 is 0.662. The van der Waals surface area contributed by atoms with Gasteiger partial charge in [0.25, 0.3) is 0 Å². The lowest BCUT2D eigenvalue weighted by Crippen LogP contribution is -2.43. The molecule has 0 fully saturated rings. The summed E-state index contributed by atoms with van der Waals surface area (Å²) in [4.78, 5) is 23.4. The van der Waals surface area contributed by atoms with Crippen molar-refractivity contribution < 1.29 is 9.59 Å². The maximum atomic E-state index is 11.8. The fourth-order valence-corrected chi connectivity index (χ4v) is 3.54. The van der Waals surface area contributed by atoms with Gasteiger partial charge in [-0.2, -0.15) is 0 Å². The Hall–Kier alpha value is -2.13. The quantitative estimate of drug-likeness (QED) is 0.622. The Balaban J connectivity index is 1.84. The van der Waals surface area contributed by atoms with Gasteiger partial charge in [-0.1, -0.05) is 42.2 Å². The van der Waals surface area contributed by atoms with E-state index < -0.39 is 6.03 Å². The number of thioether (sulfide) groups is 1. The molecule has 0 unspecified atom stereocenters. The fraction of sp³-hybridized carbons (Fsp3) is 0.412. The van der Waals surface area contributed by atoms with Crippen LogP contribution in [-0.4, -0.2) is 33.9 Å². The van der Waals surface area contributed by atoms with Gasteiger partial charge in [0.1, 0.15) is 0 Å². The van der Waals surface area contributed by atoms with Crippen LogP contribution in [0.5, 0.6) is 0 Å². The standard InChI is InChI=1S/C17H23N5O2S2/c1-5-11(3)18-15(24)20-14(23)9-25-17-22-21-16(26-17)19-13-8-6-7-10(2)12(13)4/h6-8,11H,5,9H2,1-4H3,(H,19,21)(H2,18,20,23,24)/t11-/m1/s1. The number of rotatable bonds is 7. The van der Waals surface area contributed by atoms with Crippen LogP contribution < -0.4 is 16.0 Å². The summed E-state index contributed by atoms with van der Waals surface area (Å²) >= 11 is 2.61. The lowest BCUT2D eigenvalue weighted by molar-refractivity contribution is -0.117. The highest BCUT2D eigenvalue weighted by Crippen LogP contribution is 2.29. The van der Waals surface area contributed by atoms with Crippen LogP contribution in [0.15, 0.2) is 22.5 Å². The average Bonchev–Trinajstić information content (AvgIpc) is 3.04. The van der Waals surface area contributed by atoms with Crippen LogP contribution in [0.1, 0.15) is 31.4 Å². The second-order valence-electron chi connectivity index (χ2n) is 5.87. The fourth-order valence-electron chi connectivity index (χ4n) is 1.97. The average molecular weight is 394 g/mol. The maximum absolute atomic E-state index is 11.8. The molecular formula is C17H23N5O2S2. The van der Waals surface area contributed by atoms with Crippen molar-refractivity contribution in [3.63, 3.8) is 0 Å². The van der Waals surface area contributed by atoms with E-state index in [9.17, 15) is 9.59 Å². The van der Waals surface area contributed by atoms with Gasteiger partial charge in [0, 0.05) is 11.7 Å². The summed E-state index contributed by atoms with van der Waals surface area (Å²) in [5.74, 6) is -0.262. The van der Waals surface area contributed by atoms with Crippen molar-refractivity contribution in [3.05, 3.63) is 29.3 Å². The van der Waals surface area contributed by atoms with E-state index in [2.05, 4.69) is 39.1 Å². The topological polar surface area (TPSA) is 96.0 Å². The Morgan fingerprint density at radius 2 is 2.04 bits per heavy atom. The first-order chi connectivity index (χ1) is 12.4. The minimum atomic E-state index is -0.473. The Labute approximate surface area is 161 Å². The molecule has 0 aliphatic carbocycles. The molecule has 1 aromatic carbocycles. The van der Waals surface area contributed by atoms with Crippen LogP contribution in [0.3, 0.4) is 0 Å². The molecule has 1 heterocycles. The molecule has 1 aromatic heterocycles. The number of imide groups is 1. The third-order valence-electron chi connectivity index (χ3n) is 3.82. The minimum absolute atomic E-state index is 0.0253. The highest BCUT2D eigenvalue weighted by molar-refractivity contribution is 8.01. The largest absolute Gasteiger partial charge is 0.335 e. The second kappa shape index (κ2) is 9.54. The van der Waals surface area contributed by atoms with E-state index in [4.69, 9.17) is 0 Å². The Bertz CT molecular complexity index is 778. The van der Waals surface area contributed by atoms with Crippen molar-refractivity contribution in [2.24, 2.45) is 0 Å². The highest BCUT2D eigenvalue weighted by atomic mass is 32.2. The first-order valence-corrected chi connectivity index (χ1v) is 10.1. The monoisotopic (exact) mass is 393 g/mol. The molecule has 0 aliphatic rings. The molecule has 0 spiro atoms. The van der Waals surface area contributed by atoms with E-state index >= 15 is 0 Å². The molecule has 0 saturated carbocycles. The number of hydrogen-bond acceptors (Lipinski definition) is 7. The normalized spacial score (nSPS) is 11.7. The zero-order valence-corrected chi connectivity index (χ0v) is 16.9. The Morgan fingerprint density at radius 3 is 2.77 bits per heavy atom. The van der Waals surface area contributed by atoms with E-state index in [-0.39, 0.29) is 17.7 Å². The van der Waals surface area contributed by atoms with Crippen LogP contribution in [0.2, 0.25) is 0 Å². The Morgan fingerprint density at radius 1 is 1.27 bits per heavy atom. The van der Waals surface area contributed by atoms with E-state index in [1.54, 1.807) is 0 Å². The summed E-state index contributed by atoms with van der Waals surface area (Å²) in [5, 5.41) is 17.1. The molecule has 2 aromatic rings. The Kier molecular flexibility index (Phi) is 7.40. The van der Waals surface area contributed by atoms with Crippen molar-refractivity contribution >= 4 is 45.9 Å². The highest BCUT2D eigenvalue weighted by Gasteiger charge is 2.12. The number of benzene rings is 1. The first-order valence-electron chi connectivity index (χ1n) is 8.29. The van der Waals surface area contributed by atoms with Gasteiger partial charge >= 0.3 is 6.03 Å². The summed E-state index contributed by atoms with van der Waals surface area (Å²) in [6.07, 6.45) is 0.803. The first kappa shape index (κ1) is 20.2. The molecule has 2 rings (SSSR count). The number of aryl methyl sites for hydroxylation is 1. The molecule has 7 nitrogen and oxygen atoms in total. The van der Waals surface area contributed by atoms with Gasteiger partial charge in [-0.15, -0.1) is 10.2 Å². The zero-order valence-electron chi connectivity index (χ0n) is 15.3. The van der Waals surface area contributed by atoms with Crippen LogP contribution >= 0.6 is 23.1 Å². The number of aromatic nitrogens is 2. The third kappa shape index (κ3) is 5.99. The van der Waals surface area contributed by atoms with Crippen LogP contribution in [-0.2, 0) is 4.79 Å². The molecule has 3 amide bonds. The molecule has 1 atom stereocenters.